The number of benzene rings is 2. The summed E-state index contributed by atoms with van der Waals surface area (Å²) in [6, 6.07) is 17.3. The molecule has 3 nitrogen and oxygen atoms in total. The summed E-state index contributed by atoms with van der Waals surface area (Å²) in [5.41, 5.74) is 4.77. The van der Waals surface area contributed by atoms with E-state index >= 15 is 0 Å². The molecular weight excluding hydrogens is 256 g/mol. The van der Waals surface area contributed by atoms with Crippen LogP contribution in [0.4, 0.5) is 0 Å². The van der Waals surface area contributed by atoms with E-state index in [-0.39, 0.29) is 0 Å². The van der Waals surface area contributed by atoms with E-state index in [0.717, 1.165) is 16.9 Å². The molecular formula is C15H14N2OS. The number of ether oxygens (including phenoxy) is 1. The van der Waals surface area contributed by atoms with E-state index in [1.54, 1.807) is 13.3 Å². The van der Waals surface area contributed by atoms with E-state index in [9.17, 15) is 0 Å². The van der Waals surface area contributed by atoms with Crippen molar-refractivity contribution in [2.75, 3.05) is 7.11 Å². The number of nitrogens with one attached hydrogen (secondary N) is 1. The van der Waals surface area contributed by atoms with Gasteiger partial charge in [0.25, 0.3) is 0 Å². The first-order valence-corrected chi connectivity index (χ1v) is 6.23. The molecule has 0 atom stereocenters. The Morgan fingerprint density at radius 2 is 1.79 bits per heavy atom. The van der Waals surface area contributed by atoms with Gasteiger partial charge in [0, 0.05) is 5.56 Å². The fourth-order valence-electron chi connectivity index (χ4n) is 1.51. The fraction of sp³-hybridized carbons (Fsp3) is 0.0667. The molecule has 0 amide bonds. The monoisotopic (exact) mass is 270 g/mol. The summed E-state index contributed by atoms with van der Waals surface area (Å²) in [6.45, 7) is 0. The highest BCUT2D eigenvalue weighted by Gasteiger charge is 1.96. The van der Waals surface area contributed by atoms with Crippen LogP contribution in [0.1, 0.15) is 11.1 Å². The maximum Gasteiger partial charge on any atom is 0.126 e. The Bertz CT molecular complexity index is 564. The Morgan fingerprint density at radius 3 is 2.42 bits per heavy atom. The van der Waals surface area contributed by atoms with Crippen molar-refractivity contribution in [3.63, 3.8) is 0 Å². The van der Waals surface area contributed by atoms with Crippen LogP contribution < -0.4 is 10.2 Å². The third kappa shape index (κ3) is 3.89. The number of rotatable bonds is 4. The average molecular weight is 270 g/mol. The second-order valence-electron chi connectivity index (χ2n) is 3.84. The average Bonchev–Trinajstić information content (AvgIpc) is 2.49. The highest BCUT2D eigenvalue weighted by molar-refractivity contribution is 7.80. The summed E-state index contributed by atoms with van der Waals surface area (Å²) in [5.74, 6) is 0.824. The maximum atomic E-state index is 5.23. The van der Waals surface area contributed by atoms with Gasteiger partial charge in [0.2, 0.25) is 0 Å². The highest BCUT2D eigenvalue weighted by atomic mass is 32.1. The number of hydrazone groups is 1. The predicted molar refractivity (Wildman–Crippen MR) is 81.9 cm³/mol. The molecule has 0 aliphatic rings. The van der Waals surface area contributed by atoms with Crippen molar-refractivity contribution in [3.8, 4) is 5.75 Å². The van der Waals surface area contributed by atoms with E-state index in [0.29, 0.717) is 4.99 Å². The van der Waals surface area contributed by atoms with Gasteiger partial charge in [0.1, 0.15) is 10.7 Å². The van der Waals surface area contributed by atoms with Gasteiger partial charge in [0.05, 0.1) is 13.3 Å². The van der Waals surface area contributed by atoms with Gasteiger partial charge in [-0.05, 0) is 29.8 Å². The molecule has 0 radical (unpaired) electrons. The highest BCUT2D eigenvalue weighted by Crippen LogP contribution is 2.09. The van der Waals surface area contributed by atoms with Crippen LogP contribution in [0, 0.1) is 0 Å². The predicted octanol–water partition coefficient (Wildman–Crippen LogP) is 2.99. The Labute approximate surface area is 117 Å². The molecule has 96 valence electrons. The SMILES string of the molecule is COc1ccc(/C=N/NC(=S)c2ccccc2)cc1. The zero-order chi connectivity index (χ0) is 13.5. The first-order valence-electron chi connectivity index (χ1n) is 5.82. The van der Waals surface area contributed by atoms with E-state index in [2.05, 4.69) is 10.5 Å². The van der Waals surface area contributed by atoms with Gasteiger partial charge in [0.15, 0.2) is 0 Å². The second kappa shape index (κ2) is 6.66. The Kier molecular flexibility index (Phi) is 4.64. The van der Waals surface area contributed by atoms with Crippen LogP contribution >= 0.6 is 12.2 Å². The van der Waals surface area contributed by atoms with Crippen molar-refractivity contribution in [2.45, 2.75) is 0 Å². The van der Waals surface area contributed by atoms with Crippen LogP contribution in [0.2, 0.25) is 0 Å². The third-order valence-electron chi connectivity index (χ3n) is 2.53. The van der Waals surface area contributed by atoms with Crippen molar-refractivity contribution in [2.24, 2.45) is 5.10 Å². The van der Waals surface area contributed by atoms with Gasteiger partial charge in [-0.25, -0.2) is 0 Å². The van der Waals surface area contributed by atoms with Crippen LogP contribution in [0.3, 0.4) is 0 Å². The summed E-state index contributed by atoms with van der Waals surface area (Å²) in [4.78, 5) is 0.602. The minimum absolute atomic E-state index is 0.602. The summed E-state index contributed by atoms with van der Waals surface area (Å²) in [7, 11) is 1.64. The molecule has 0 spiro atoms. The summed E-state index contributed by atoms with van der Waals surface area (Å²) >= 11 is 5.23. The quantitative estimate of drug-likeness (QED) is 0.527. The molecule has 4 heteroatoms. The molecule has 19 heavy (non-hydrogen) atoms. The summed E-state index contributed by atoms with van der Waals surface area (Å²) in [5, 5.41) is 4.12. The largest absolute Gasteiger partial charge is 0.497 e. The minimum Gasteiger partial charge on any atom is -0.497 e. The molecule has 2 aromatic rings. The molecule has 1 N–H and O–H groups in total. The normalized spacial score (nSPS) is 10.4. The molecule has 2 aromatic carbocycles. The third-order valence-corrected chi connectivity index (χ3v) is 2.86. The minimum atomic E-state index is 0.602. The Balaban J connectivity index is 1.94. The van der Waals surface area contributed by atoms with E-state index in [1.165, 1.54) is 0 Å². The van der Waals surface area contributed by atoms with Gasteiger partial charge >= 0.3 is 0 Å². The smallest absolute Gasteiger partial charge is 0.126 e. The first-order chi connectivity index (χ1) is 9.29. The lowest BCUT2D eigenvalue weighted by atomic mass is 10.2. The van der Waals surface area contributed by atoms with Crippen molar-refractivity contribution in [3.05, 3.63) is 65.7 Å². The van der Waals surface area contributed by atoms with Crippen LogP contribution in [-0.2, 0) is 0 Å². The van der Waals surface area contributed by atoms with Crippen LogP contribution in [0.5, 0.6) is 5.75 Å². The van der Waals surface area contributed by atoms with Crippen LogP contribution in [-0.4, -0.2) is 18.3 Å². The van der Waals surface area contributed by atoms with Crippen molar-refractivity contribution in [1.29, 1.82) is 0 Å². The van der Waals surface area contributed by atoms with E-state index in [4.69, 9.17) is 17.0 Å². The zero-order valence-corrected chi connectivity index (χ0v) is 11.4. The maximum absolute atomic E-state index is 5.23. The molecule has 0 fully saturated rings. The summed E-state index contributed by atoms with van der Waals surface area (Å²) < 4.78 is 5.09. The molecule has 0 aliphatic carbocycles. The van der Waals surface area contributed by atoms with Gasteiger partial charge in [-0.1, -0.05) is 42.5 Å². The topological polar surface area (TPSA) is 33.6 Å². The van der Waals surface area contributed by atoms with Gasteiger partial charge in [-0.15, -0.1) is 0 Å². The Hall–Kier alpha value is -2.20. The molecule has 0 saturated carbocycles. The molecule has 0 aliphatic heterocycles. The molecule has 2 rings (SSSR count). The Morgan fingerprint density at radius 1 is 1.11 bits per heavy atom. The number of hydrogen-bond acceptors (Lipinski definition) is 3. The lowest BCUT2D eigenvalue weighted by Gasteiger charge is -2.02. The second-order valence-corrected chi connectivity index (χ2v) is 4.25. The van der Waals surface area contributed by atoms with Gasteiger partial charge < -0.3 is 4.74 Å². The van der Waals surface area contributed by atoms with Crippen molar-refractivity contribution in [1.82, 2.24) is 5.43 Å². The zero-order valence-electron chi connectivity index (χ0n) is 10.5. The first kappa shape index (κ1) is 13.2. The van der Waals surface area contributed by atoms with E-state index < -0.39 is 0 Å². The van der Waals surface area contributed by atoms with Gasteiger partial charge in [-0.2, -0.15) is 5.10 Å². The lowest BCUT2D eigenvalue weighted by Crippen LogP contribution is -2.15. The molecule has 0 heterocycles. The molecule has 0 aromatic heterocycles. The number of nitrogens with zero attached hydrogens (tertiary/aromatic N) is 1. The molecule has 0 bridgehead atoms. The fourth-order valence-corrected chi connectivity index (χ4v) is 1.70. The van der Waals surface area contributed by atoms with Crippen molar-refractivity contribution >= 4 is 23.4 Å². The summed E-state index contributed by atoms with van der Waals surface area (Å²) in [6.07, 6.45) is 1.72. The van der Waals surface area contributed by atoms with Crippen molar-refractivity contribution < 1.29 is 4.74 Å². The standard InChI is InChI=1S/C15H14N2OS/c1-18-14-9-7-12(8-10-14)11-16-17-15(19)13-5-3-2-4-6-13/h2-11H,1H3,(H,17,19)/b16-11+. The van der Waals surface area contributed by atoms with Crippen LogP contribution in [0.15, 0.2) is 59.7 Å². The van der Waals surface area contributed by atoms with Crippen LogP contribution in [0.25, 0.3) is 0 Å². The van der Waals surface area contributed by atoms with Gasteiger partial charge in [-0.3, -0.25) is 5.43 Å². The number of methoxy groups -OCH3 is 1. The number of hydrogen-bond donors (Lipinski definition) is 1. The van der Waals surface area contributed by atoms with E-state index in [1.807, 2.05) is 54.6 Å². The molecule has 0 saturated heterocycles. The lowest BCUT2D eigenvalue weighted by molar-refractivity contribution is 0.415. The number of thiocarbonyl (C=S) groups is 1. The molecule has 0 unspecified atom stereocenters.